The number of hydrogen-bond donors (Lipinski definition) is 1. The monoisotopic (exact) mass is 323 g/mol. The smallest absolute Gasteiger partial charge is 0.346 e. The summed E-state index contributed by atoms with van der Waals surface area (Å²) in [5, 5.41) is 17.6. The van der Waals surface area contributed by atoms with Crippen LogP contribution in [-0.2, 0) is 4.79 Å². The van der Waals surface area contributed by atoms with E-state index in [1.807, 2.05) is 31.2 Å². The zero-order valence-corrected chi connectivity index (χ0v) is 13.2. The number of rotatable bonds is 7. The quantitative estimate of drug-likeness (QED) is 0.479. The molecule has 0 aliphatic rings. The van der Waals surface area contributed by atoms with Crippen molar-refractivity contribution in [2.75, 3.05) is 13.2 Å². The molecule has 0 atom stereocenters. The zero-order valence-electron chi connectivity index (χ0n) is 13.2. The second-order valence-electron chi connectivity index (χ2n) is 5.06. The minimum absolute atomic E-state index is 0.324. The van der Waals surface area contributed by atoms with Crippen LogP contribution in [0.3, 0.4) is 0 Å². The van der Waals surface area contributed by atoms with Crippen molar-refractivity contribution in [3.05, 3.63) is 65.2 Å². The van der Waals surface area contributed by atoms with Crippen molar-refractivity contribution >= 4 is 12.0 Å². The van der Waals surface area contributed by atoms with Crippen LogP contribution in [0.2, 0.25) is 0 Å². The Kier molecular flexibility index (Phi) is 5.98. The highest BCUT2D eigenvalue weighted by atomic mass is 16.5. The molecule has 2 aromatic carbocycles. The zero-order chi connectivity index (χ0) is 17.4. The van der Waals surface area contributed by atoms with Gasteiger partial charge in [0.25, 0.3) is 0 Å². The molecule has 0 amide bonds. The van der Waals surface area contributed by atoms with Gasteiger partial charge in [-0.15, -0.1) is 0 Å². The standard InChI is InChI=1S/C19H17NO4/c1-14-4-2-6-17(10-14)23-8-9-24-18-7-3-5-15(12-18)11-16(13-20)19(21)22/h2-7,10-12H,8-9H2,1H3,(H,21,22). The summed E-state index contributed by atoms with van der Waals surface area (Å²) in [5.74, 6) is 0.116. The topological polar surface area (TPSA) is 79.5 Å². The molecule has 0 fully saturated rings. The molecule has 24 heavy (non-hydrogen) atoms. The molecule has 122 valence electrons. The summed E-state index contributed by atoms with van der Waals surface area (Å²) in [6.45, 7) is 2.74. The summed E-state index contributed by atoms with van der Waals surface area (Å²) in [6.07, 6.45) is 1.30. The van der Waals surface area contributed by atoms with Gasteiger partial charge in [-0.1, -0.05) is 24.3 Å². The first-order valence-electron chi connectivity index (χ1n) is 7.36. The molecule has 1 N–H and O–H groups in total. The van der Waals surface area contributed by atoms with Gasteiger partial charge in [-0.2, -0.15) is 5.26 Å². The Hall–Kier alpha value is -3.26. The molecule has 0 heterocycles. The van der Waals surface area contributed by atoms with E-state index in [9.17, 15) is 4.79 Å². The molecular formula is C19H17NO4. The average Bonchev–Trinajstić information content (AvgIpc) is 2.57. The molecule has 0 unspecified atom stereocenters. The predicted molar refractivity (Wildman–Crippen MR) is 89.8 cm³/mol. The summed E-state index contributed by atoms with van der Waals surface area (Å²) >= 11 is 0. The number of aryl methyl sites for hydroxylation is 1. The third-order valence-corrected chi connectivity index (χ3v) is 3.13. The predicted octanol–water partition coefficient (Wildman–Crippen LogP) is 3.44. The van der Waals surface area contributed by atoms with Crippen LogP contribution in [0.5, 0.6) is 11.5 Å². The number of carboxylic acid groups (broad SMARTS) is 1. The first-order valence-corrected chi connectivity index (χ1v) is 7.36. The van der Waals surface area contributed by atoms with Crippen molar-refractivity contribution in [1.82, 2.24) is 0 Å². The number of carbonyl (C=O) groups is 1. The minimum Gasteiger partial charge on any atom is -0.490 e. The minimum atomic E-state index is -1.25. The number of carboxylic acids is 1. The Balaban J connectivity index is 1.91. The average molecular weight is 323 g/mol. The molecule has 2 rings (SSSR count). The van der Waals surface area contributed by atoms with Gasteiger partial charge < -0.3 is 14.6 Å². The Labute approximate surface area is 140 Å². The van der Waals surface area contributed by atoms with Crippen LogP contribution in [0.1, 0.15) is 11.1 Å². The van der Waals surface area contributed by atoms with E-state index in [1.165, 1.54) is 6.08 Å². The fourth-order valence-corrected chi connectivity index (χ4v) is 2.03. The van der Waals surface area contributed by atoms with Gasteiger partial charge in [-0.25, -0.2) is 4.79 Å². The Morgan fingerprint density at radius 2 is 1.75 bits per heavy atom. The normalized spacial score (nSPS) is 10.8. The molecule has 0 saturated carbocycles. The maximum Gasteiger partial charge on any atom is 0.346 e. The summed E-state index contributed by atoms with van der Waals surface area (Å²) in [5.41, 5.74) is 1.39. The Morgan fingerprint density at radius 3 is 2.33 bits per heavy atom. The maximum atomic E-state index is 10.9. The third-order valence-electron chi connectivity index (χ3n) is 3.13. The lowest BCUT2D eigenvalue weighted by Gasteiger charge is -2.09. The number of nitrogens with zero attached hydrogens (tertiary/aromatic N) is 1. The molecule has 0 aliphatic carbocycles. The Morgan fingerprint density at radius 1 is 1.12 bits per heavy atom. The van der Waals surface area contributed by atoms with E-state index in [1.54, 1.807) is 30.3 Å². The second kappa shape index (κ2) is 8.39. The molecular weight excluding hydrogens is 306 g/mol. The molecule has 5 heteroatoms. The van der Waals surface area contributed by atoms with Gasteiger partial charge in [-0.05, 0) is 48.4 Å². The molecule has 0 saturated heterocycles. The fraction of sp³-hybridized carbons (Fsp3) is 0.158. The molecule has 2 aromatic rings. The van der Waals surface area contributed by atoms with Crippen molar-refractivity contribution in [3.63, 3.8) is 0 Å². The lowest BCUT2D eigenvalue weighted by atomic mass is 10.1. The SMILES string of the molecule is Cc1cccc(OCCOc2cccc(C=C(C#N)C(=O)O)c2)c1. The first kappa shape index (κ1) is 17.1. The van der Waals surface area contributed by atoms with Crippen LogP contribution >= 0.6 is 0 Å². The van der Waals surface area contributed by atoms with Crippen molar-refractivity contribution in [2.24, 2.45) is 0 Å². The van der Waals surface area contributed by atoms with E-state index in [0.717, 1.165) is 11.3 Å². The lowest BCUT2D eigenvalue weighted by Crippen LogP contribution is -2.09. The molecule has 0 radical (unpaired) electrons. The van der Waals surface area contributed by atoms with Gasteiger partial charge in [0.1, 0.15) is 36.4 Å². The lowest BCUT2D eigenvalue weighted by molar-refractivity contribution is -0.132. The van der Waals surface area contributed by atoms with Crippen LogP contribution in [0.15, 0.2) is 54.1 Å². The summed E-state index contributed by atoms with van der Waals surface area (Å²) in [7, 11) is 0. The third kappa shape index (κ3) is 5.18. The summed E-state index contributed by atoms with van der Waals surface area (Å²) in [4.78, 5) is 10.9. The Bertz CT molecular complexity index is 790. The number of aliphatic carboxylic acids is 1. The molecule has 0 aromatic heterocycles. The van der Waals surface area contributed by atoms with E-state index in [0.29, 0.717) is 24.5 Å². The fourth-order valence-electron chi connectivity index (χ4n) is 2.03. The van der Waals surface area contributed by atoms with E-state index >= 15 is 0 Å². The highest BCUT2D eigenvalue weighted by Crippen LogP contribution is 2.16. The van der Waals surface area contributed by atoms with Crippen LogP contribution in [-0.4, -0.2) is 24.3 Å². The number of ether oxygens (including phenoxy) is 2. The van der Waals surface area contributed by atoms with Gasteiger partial charge in [-0.3, -0.25) is 0 Å². The molecule has 5 nitrogen and oxygen atoms in total. The number of nitriles is 1. The molecule has 0 spiro atoms. The van der Waals surface area contributed by atoms with Gasteiger partial charge >= 0.3 is 5.97 Å². The number of benzene rings is 2. The first-order chi connectivity index (χ1) is 11.6. The van der Waals surface area contributed by atoms with E-state index in [2.05, 4.69) is 0 Å². The van der Waals surface area contributed by atoms with Gasteiger partial charge in [0, 0.05) is 0 Å². The van der Waals surface area contributed by atoms with Crippen molar-refractivity contribution in [2.45, 2.75) is 6.92 Å². The van der Waals surface area contributed by atoms with Gasteiger partial charge in [0.15, 0.2) is 0 Å². The second-order valence-corrected chi connectivity index (χ2v) is 5.06. The highest BCUT2D eigenvalue weighted by Gasteiger charge is 2.06. The molecule has 0 bridgehead atoms. The van der Waals surface area contributed by atoms with Crippen LogP contribution in [0, 0.1) is 18.3 Å². The van der Waals surface area contributed by atoms with Gasteiger partial charge in [0.2, 0.25) is 0 Å². The molecule has 0 aliphatic heterocycles. The summed E-state index contributed by atoms with van der Waals surface area (Å²) in [6, 6.07) is 16.3. The van der Waals surface area contributed by atoms with Crippen LogP contribution in [0.4, 0.5) is 0 Å². The maximum absolute atomic E-state index is 10.9. The van der Waals surface area contributed by atoms with E-state index in [4.69, 9.17) is 19.8 Å². The highest BCUT2D eigenvalue weighted by molar-refractivity contribution is 5.96. The van der Waals surface area contributed by atoms with Crippen molar-refractivity contribution in [1.29, 1.82) is 5.26 Å². The van der Waals surface area contributed by atoms with E-state index < -0.39 is 5.97 Å². The van der Waals surface area contributed by atoms with Crippen molar-refractivity contribution < 1.29 is 19.4 Å². The van der Waals surface area contributed by atoms with Crippen LogP contribution < -0.4 is 9.47 Å². The largest absolute Gasteiger partial charge is 0.490 e. The van der Waals surface area contributed by atoms with Crippen molar-refractivity contribution in [3.8, 4) is 17.6 Å². The van der Waals surface area contributed by atoms with E-state index in [-0.39, 0.29) is 5.57 Å². The number of hydrogen-bond acceptors (Lipinski definition) is 4. The summed E-state index contributed by atoms with van der Waals surface area (Å²) < 4.78 is 11.2. The van der Waals surface area contributed by atoms with Gasteiger partial charge in [0.05, 0.1) is 0 Å². The van der Waals surface area contributed by atoms with Crippen LogP contribution in [0.25, 0.3) is 6.08 Å².